The average Bonchev–Trinajstić information content (AvgIpc) is 2.39. The lowest BCUT2D eigenvalue weighted by Crippen LogP contribution is -2.08. The number of nitrogens with one attached hydrogen (secondary N) is 1. The number of unbranched alkanes of at least 4 members (excludes halogenated alkanes) is 3. The van der Waals surface area contributed by atoms with Crippen LogP contribution in [0.25, 0.3) is 0 Å². The number of rotatable bonds is 9. The summed E-state index contributed by atoms with van der Waals surface area (Å²) in [4.78, 5) is 10.7. The molecule has 0 aromatic heterocycles. The molecule has 0 spiro atoms. The largest absolute Gasteiger partial charge is 0.478 e. The molecule has 21 heavy (non-hydrogen) atoms. The zero-order chi connectivity index (χ0) is 15.8. The summed E-state index contributed by atoms with van der Waals surface area (Å²) in [5, 5.41) is 11.4. The Hall–Kier alpha value is -1.65. The number of carboxylic acids is 1. The lowest BCUT2D eigenvalue weighted by molar-refractivity contribution is 0.0696. The Labute approximate surface area is 124 Å². The second-order valence-corrected chi connectivity index (χ2v) is 5.64. The molecule has 1 rings (SSSR count). The van der Waals surface area contributed by atoms with Gasteiger partial charge in [-0.3, -0.25) is 0 Å². The van der Waals surface area contributed by atoms with Gasteiger partial charge in [0.25, 0.3) is 0 Å². The minimum absolute atomic E-state index is 0.248. The van der Waals surface area contributed by atoms with Crippen molar-refractivity contribution in [3.63, 3.8) is 0 Å². The minimum Gasteiger partial charge on any atom is -0.478 e. The van der Waals surface area contributed by atoms with Crippen LogP contribution in [0.2, 0.25) is 0 Å². The molecule has 0 saturated carbocycles. The third-order valence-electron chi connectivity index (χ3n) is 3.30. The molecule has 0 radical (unpaired) electrons. The summed E-state index contributed by atoms with van der Waals surface area (Å²) in [6.45, 7) is 4.85. The van der Waals surface area contributed by atoms with Crippen LogP contribution < -0.4 is 5.32 Å². The zero-order valence-electron chi connectivity index (χ0n) is 12.6. The molecule has 0 bridgehead atoms. The van der Waals surface area contributed by atoms with E-state index in [9.17, 15) is 13.6 Å². The summed E-state index contributed by atoms with van der Waals surface area (Å²) in [5.74, 6) is -2.37. The first-order valence-corrected chi connectivity index (χ1v) is 7.38. The third-order valence-corrected chi connectivity index (χ3v) is 3.30. The molecule has 1 aromatic rings. The quantitative estimate of drug-likeness (QED) is 0.651. The zero-order valence-corrected chi connectivity index (χ0v) is 12.6. The van der Waals surface area contributed by atoms with Crippen molar-refractivity contribution in [2.24, 2.45) is 5.92 Å². The van der Waals surface area contributed by atoms with E-state index in [1.54, 1.807) is 0 Å². The topological polar surface area (TPSA) is 49.3 Å². The van der Waals surface area contributed by atoms with Crippen molar-refractivity contribution in [2.75, 3.05) is 11.9 Å². The standard InChI is InChI=1S/C16H23F2NO2/c1-11(2)7-5-3-4-6-8-19-15-13(17)9-12(16(20)21)10-14(15)18/h9-11,19H,3-8H2,1-2H3,(H,20,21). The summed E-state index contributed by atoms with van der Waals surface area (Å²) in [7, 11) is 0. The van der Waals surface area contributed by atoms with Crippen LogP contribution in [-0.4, -0.2) is 17.6 Å². The van der Waals surface area contributed by atoms with E-state index in [1.165, 1.54) is 12.8 Å². The van der Waals surface area contributed by atoms with E-state index in [4.69, 9.17) is 5.11 Å². The summed E-state index contributed by atoms with van der Waals surface area (Å²) >= 11 is 0. The van der Waals surface area contributed by atoms with Crippen molar-refractivity contribution >= 4 is 11.7 Å². The Morgan fingerprint density at radius 3 is 2.24 bits per heavy atom. The van der Waals surface area contributed by atoms with Crippen molar-refractivity contribution in [3.8, 4) is 0 Å². The van der Waals surface area contributed by atoms with Gasteiger partial charge in [0.05, 0.1) is 5.56 Å². The third kappa shape index (κ3) is 6.10. The van der Waals surface area contributed by atoms with Gasteiger partial charge in [0, 0.05) is 6.54 Å². The van der Waals surface area contributed by atoms with Crippen molar-refractivity contribution in [1.82, 2.24) is 0 Å². The fourth-order valence-electron chi connectivity index (χ4n) is 2.11. The summed E-state index contributed by atoms with van der Waals surface area (Å²) in [6.07, 6.45) is 5.33. The van der Waals surface area contributed by atoms with Crippen molar-refractivity contribution < 1.29 is 18.7 Å². The average molecular weight is 299 g/mol. The van der Waals surface area contributed by atoms with Crippen LogP contribution in [0.1, 0.15) is 56.3 Å². The van der Waals surface area contributed by atoms with Crippen molar-refractivity contribution in [2.45, 2.75) is 46.0 Å². The van der Waals surface area contributed by atoms with E-state index in [0.717, 1.165) is 31.4 Å². The number of hydrogen-bond donors (Lipinski definition) is 2. The van der Waals surface area contributed by atoms with Crippen LogP contribution in [0, 0.1) is 17.6 Å². The molecule has 1 aromatic carbocycles. The lowest BCUT2D eigenvalue weighted by Gasteiger charge is -2.10. The number of carboxylic acid groups (broad SMARTS) is 1. The van der Waals surface area contributed by atoms with Gasteiger partial charge in [-0.25, -0.2) is 13.6 Å². The number of anilines is 1. The van der Waals surface area contributed by atoms with Gasteiger partial charge < -0.3 is 10.4 Å². The Morgan fingerprint density at radius 1 is 1.14 bits per heavy atom. The van der Waals surface area contributed by atoms with E-state index in [-0.39, 0.29) is 11.3 Å². The molecule has 0 aliphatic carbocycles. The molecule has 0 atom stereocenters. The highest BCUT2D eigenvalue weighted by Crippen LogP contribution is 2.21. The molecule has 2 N–H and O–H groups in total. The number of benzene rings is 1. The number of carbonyl (C=O) groups is 1. The first-order valence-electron chi connectivity index (χ1n) is 7.38. The SMILES string of the molecule is CC(C)CCCCCCNc1c(F)cc(C(=O)O)cc1F. The first-order chi connectivity index (χ1) is 9.91. The van der Waals surface area contributed by atoms with Crippen molar-refractivity contribution in [3.05, 3.63) is 29.3 Å². The fraction of sp³-hybridized carbons (Fsp3) is 0.562. The molecule has 0 amide bonds. The van der Waals surface area contributed by atoms with Gasteiger partial charge in [-0.1, -0.05) is 39.5 Å². The highest BCUT2D eigenvalue weighted by molar-refractivity contribution is 5.88. The summed E-state index contributed by atoms with van der Waals surface area (Å²) < 4.78 is 27.2. The second kappa shape index (κ2) is 8.60. The van der Waals surface area contributed by atoms with Gasteiger partial charge in [0.2, 0.25) is 0 Å². The molecule has 0 aliphatic rings. The van der Waals surface area contributed by atoms with Crippen molar-refractivity contribution in [1.29, 1.82) is 0 Å². The van der Waals surface area contributed by atoms with Crippen LogP contribution in [0.15, 0.2) is 12.1 Å². The van der Waals surface area contributed by atoms with Crippen LogP contribution >= 0.6 is 0 Å². The molecule has 0 saturated heterocycles. The minimum atomic E-state index is -1.34. The predicted molar refractivity (Wildman–Crippen MR) is 79.7 cm³/mol. The van der Waals surface area contributed by atoms with E-state index >= 15 is 0 Å². The Kier molecular flexibility index (Phi) is 7.12. The van der Waals surface area contributed by atoms with Crippen LogP contribution in [0.5, 0.6) is 0 Å². The van der Waals surface area contributed by atoms with Gasteiger partial charge in [0.15, 0.2) is 0 Å². The number of halogens is 2. The Bertz CT molecular complexity index is 452. The Balaban J connectivity index is 2.37. The van der Waals surface area contributed by atoms with Crippen LogP contribution in [0.3, 0.4) is 0 Å². The van der Waals surface area contributed by atoms with E-state index in [1.807, 2.05) is 0 Å². The molecular weight excluding hydrogens is 276 g/mol. The fourth-order valence-corrected chi connectivity index (χ4v) is 2.11. The Morgan fingerprint density at radius 2 is 1.71 bits per heavy atom. The van der Waals surface area contributed by atoms with E-state index in [2.05, 4.69) is 19.2 Å². The molecule has 3 nitrogen and oxygen atoms in total. The summed E-state index contributed by atoms with van der Waals surface area (Å²) in [6, 6.07) is 1.66. The van der Waals surface area contributed by atoms with Gasteiger partial charge in [-0.2, -0.15) is 0 Å². The van der Waals surface area contributed by atoms with E-state index < -0.39 is 17.6 Å². The van der Waals surface area contributed by atoms with Gasteiger partial charge >= 0.3 is 5.97 Å². The number of aromatic carboxylic acids is 1. The van der Waals surface area contributed by atoms with Gasteiger partial charge in [-0.05, 0) is 24.5 Å². The molecular formula is C16H23F2NO2. The second-order valence-electron chi connectivity index (χ2n) is 5.64. The lowest BCUT2D eigenvalue weighted by atomic mass is 10.0. The van der Waals surface area contributed by atoms with E-state index in [0.29, 0.717) is 12.5 Å². The maximum absolute atomic E-state index is 13.6. The molecule has 0 heterocycles. The number of hydrogen-bond acceptors (Lipinski definition) is 2. The normalized spacial score (nSPS) is 10.9. The van der Waals surface area contributed by atoms with Crippen LogP contribution in [0.4, 0.5) is 14.5 Å². The monoisotopic (exact) mass is 299 g/mol. The highest BCUT2D eigenvalue weighted by Gasteiger charge is 2.14. The highest BCUT2D eigenvalue weighted by atomic mass is 19.1. The molecule has 0 unspecified atom stereocenters. The molecule has 0 aliphatic heterocycles. The maximum atomic E-state index is 13.6. The summed E-state index contributed by atoms with van der Waals surface area (Å²) in [5.41, 5.74) is -0.633. The first kappa shape index (κ1) is 17.4. The predicted octanol–water partition coefficient (Wildman–Crippen LogP) is 4.68. The molecule has 118 valence electrons. The van der Waals surface area contributed by atoms with Gasteiger partial charge in [-0.15, -0.1) is 0 Å². The maximum Gasteiger partial charge on any atom is 0.335 e. The smallest absolute Gasteiger partial charge is 0.335 e. The molecule has 0 fully saturated rings. The van der Waals surface area contributed by atoms with Crippen LogP contribution in [-0.2, 0) is 0 Å². The molecule has 5 heteroatoms. The van der Waals surface area contributed by atoms with Gasteiger partial charge in [0.1, 0.15) is 17.3 Å².